The molecule has 1 saturated carbocycles. The molecule has 0 aromatic heterocycles. The Morgan fingerprint density at radius 2 is 2.14 bits per heavy atom. The van der Waals surface area contributed by atoms with E-state index in [1.807, 2.05) is 0 Å². The standard InChI is InChI=1S/C10H15NO3/c12-9-3-4-11(10(9)13)5-6-14-7-8-1-2-8/h8H,1-7H2. The van der Waals surface area contributed by atoms with Crippen LogP contribution in [0.3, 0.4) is 0 Å². The molecule has 1 aliphatic carbocycles. The van der Waals surface area contributed by atoms with Crippen LogP contribution in [-0.4, -0.2) is 42.9 Å². The predicted molar refractivity (Wildman–Crippen MR) is 49.7 cm³/mol. The van der Waals surface area contributed by atoms with E-state index in [0.717, 1.165) is 12.5 Å². The van der Waals surface area contributed by atoms with Crippen LogP contribution >= 0.6 is 0 Å². The van der Waals surface area contributed by atoms with Crippen LogP contribution in [0.2, 0.25) is 0 Å². The molecule has 4 heteroatoms. The number of Topliss-reactive ketones (excluding diaryl/α,β-unsaturated/α-hetero) is 1. The zero-order chi connectivity index (χ0) is 9.97. The number of carbonyl (C=O) groups excluding carboxylic acids is 2. The van der Waals surface area contributed by atoms with E-state index in [-0.39, 0.29) is 11.7 Å². The molecule has 1 saturated heterocycles. The molecule has 0 unspecified atom stereocenters. The van der Waals surface area contributed by atoms with Gasteiger partial charge in [0.25, 0.3) is 5.91 Å². The maximum atomic E-state index is 11.2. The lowest BCUT2D eigenvalue weighted by molar-refractivity contribution is -0.140. The number of hydrogen-bond donors (Lipinski definition) is 0. The number of carbonyl (C=O) groups is 2. The zero-order valence-electron chi connectivity index (χ0n) is 8.20. The molecule has 0 spiro atoms. The highest BCUT2D eigenvalue weighted by molar-refractivity contribution is 6.37. The first kappa shape index (κ1) is 9.65. The summed E-state index contributed by atoms with van der Waals surface area (Å²) >= 11 is 0. The van der Waals surface area contributed by atoms with Crippen molar-refractivity contribution in [2.75, 3.05) is 26.3 Å². The summed E-state index contributed by atoms with van der Waals surface area (Å²) in [5, 5.41) is 0. The lowest BCUT2D eigenvalue weighted by atomic mass is 10.3. The maximum absolute atomic E-state index is 11.2. The van der Waals surface area contributed by atoms with Gasteiger partial charge < -0.3 is 9.64 Å². The fraction of sp³-hybridized carbons (Fsp3) is 0.800. The van der Waals surface area contributed by atoms with E-state index in [2.05, 4.69) is 0 Å². The average Bonchev–Trinajstić information content (AvgIpc) is 2.94. The number of rotatable bonds is 5. The monoisotopic (exact) mass is 197 g/mol. The second kappa shape index (κ2) is 4.09. The third-order valence-corrected chi connectivity index (χ3v) is 2.69. The molecule has 2 rings (SSSR count). The van der Waals surface area contributed by atoms with Crippen molar-refractivity contribution >= 4 is 11.7 Å². The highest BCUT2D eigenvalue weighted by atomic mass is 16.5. The van der Waals surface area contributed by atoms with Crippen LogP contribution in [0.15, 0.2) is 0 Å². The molecule has 78 valence electrons. The molecule has 0 radical (unpaired) electrons. The van der Waals surface area contributed by atoms with Crippen molar-refractivity contribution in [3.05, 3.63) is 0 Å². The summed E-state index contributed by atoms with van der Waals surface area (Å²) < 4.78 is 5.40. The highest BCUT2D eigenvalue weighted by Gasteiger charge is 2.28. The van der Waals surface area contributed by atoms with Gasteiger partial charge in [0.15, 0.2) is 0 Å². The topological polar surface area (TPSA) is 46.6 Å². The van der Waals surface area contributed by atoms with Gasteiger partial charge in [0, 0.05) is 26.1 Å². The molecule has 1 heterocycles. The van der Waals surface area contributed by atoms with Gasteiger partial charge in [0.2, 0.25) is 5.78 Å². The SMILES string of the molecule is O=C1CCN(CCOCC2CC2)C1=O. The molecule has 0 N–H and O–H groups in total. The van der Waals surface area contributed by atoms with Crippen LogP contribution in [0.25, 0.3) is 0 Å². The van der Waals surface area contributed by atoms with Crippen LogP contribution in [-0.2, 0) is 14.3 Å². The Labute approximate surface area is 83.2 Å². The molecule has 0 atom stereocenters. The molecular weight excluding hydrogens is 182 g/mol. The summed E-state index contributed by atoms with van der Waals surface area (Å²) in [6, 6.07) is 0. The van der Waals surface area contributed by atoms with Gasteiger partial charge in [-0.1, -0.05) is 0 Å². The van der Waals surface area contributed by atoms with Gasteiger partial charge in [0.05, 0.1) is 6.61 Å². The molecule has 2 aliphatic rings. The first-order valence-electron chi connectivity index (χ1n) is 5.17. The fourth-order valence-electron chi connectivity index (χ4n) is 1.54. The van der Waals surface area contributed by atoms with Gasteiger partial charge in [0.1, 0.15) is 0 Å². The zero-order valence-corrected chi connectivity index (χ0v) is 8.20. The van der Waals surface area contributed by atoms with E-state index in [4.69, 9.17) is 4.74 Å². The smallest absolute Gasteiger partial charge is 0.290 e. The minimum absolute atomic E-state index is 0.257. The Bertz CT molecular complexity index is 248. The van der Waals surface area contributed by atoms with Crippen LogP contribution in [0, 0.1) is 5.92 Å². The number of likely N-dealkylation sites (tertiary alicyclic amines) is 1. The molecule has 2 fully saturated rings. The van der Waals surface area contributed by atoms with Crippen molar-refractivity contribution in [3.63, 3.8) is 0 Å². The summed E-state index contributed by atoms with van der Waals surface area (Å²) in [7, 11) is 0. The summed E-state index contributed by atoms with van der Waals surface area (Å²) in [5.41, 5.74) is 0. The third-order valence-electron chi connectivity index (χ3n) is 2.69. The van der Waals surface area contributed by atoms with Gasteiger partial charge in [-0.2, -0.15) is 0 Å². The number of hydrogen-bond acceptors (Lipinski definition) is 3. The summed E-state index contributed by atoms with van der Waals surface area (Å²) in [4.78, 5) is 23.6. The lowest BCUT2D eigenvalue weighted by Gasteiger charge is -2.13. The molecule has 4 nitrogen and oxygen atoms in total. The summed E-state index contributed by atoms with van der Waals surface area (Å²) in [6.07, 6.45) is 2.93. The Kier molecular flexibility index (Phi) is 2.82. The second-order valence-corrected chi connectivity index (χ2v) is 3.98. The van der Waals surface area contributed by atoms with E-state index in [9.17, 15) is 9.59 Å². The van der Waals surface area contributed by atoms with Crippen molar-refractivity contribution in [2.45, 2.75) is 19.3 Å². The number of nitrogens with zero attached hydrogens (tertiary/aromatic N) is 1. The largest absolute Gasteiger partial charge is 0.379 e. The van der Waals surface area contributed by atoms with Gasteiger partial charge in [-0.3, -0.25) is 9.59 Å². The van der Waals surface area contributed by atoms with Crippen LogP contribution in [0.5, 0.6) is 0 Å². The Hall–Kier alpha value is -0.900. The summed E-state index contributed by atoms with van der Waals surface area (Å²) in [5.74, 6) is 0.165. The molecular formula is C10H15NO3. The van der Waals surface area contributed by atoms with Gasteiger partial charge in [-0.25, -0.2) is 0 Å². The van der Waals surface area contributed by atoms with Crippen molar-refractivity contribution in [3.8, 4) is 0 Å². The number of amides is 1. The van der Waals surface area contributed by atoms with Gasteiger partial charge in [-0.15, -0.1) is 0 Å². The van der Waals surface area contributed by atoms with E-state index in [1.165, 1.54) is 12.8 Å². The van der Waals surface area contributed by atoms with E-state index < -0.39 is 0 Å². The normalized spacial score (nSPS) is 22.1. The van der Waals surface area contributed by atoms with Gasteiger partial charge >= 0.3 is 0 Å². The first-order chi connectivity index (χ1) is 6.77. The maximum Gasteiger partial charge on any atom is 0.290 e. The van der Waals surface area contributed by atoms with Gasteiger partial charge in [-0.05, 0) is 18.8 Å². The lowest BCUT2D eigenvalue weighted by Crippen LogP contribution is -2.30. The number of ether oxygens (including phenoxy) is 1. The Morgan fingerprint density at radius 3 is 2.71 bits per heavy atom. The minimum Gasteiger partial charge on any atom is -0.379 e. The predicted octanol–water partition coefficient (Wildman–Crippen LogP) is 0.214. The molecule has 0 aromatic rings. The molecule has 14 heavy (non-hydrogen) atoms. The quantitative estimate of drug-likeness (QED) is 0.467. The molecule has 0 aromatic carbocycles. The molecule has 1 aliphatic heterocycles. The van der Waals surface area contributed by atoms with Crippen LogP contribution in [0.1, 0.15) is 19.3 Å². The van der Waals surface area contributed by atoms with Crippen molar-refractivity contribution in [2.24, 2.45) is 5.92 Å². The van der Waals surface area contributed by atoms with Crippen LogP contribution < -0.4 is 0 Å². The first-order valence-corrected chi connectivity index (χ1v) is 5.17. The van der Waals surface area contributed by atoms with E-state index in [0.29, 0.717) is 26.1 Å². The average molecular weight is 197 g/mol. The van der Waals surface area contributed by atoms with E-state index >= 15 is 0 Å². The summed E-state index contributed by atoms with van der Waals surface area (Å²) in [6.45, 7) is 2.52. The van der Waals surface area contributed by atoms with Crippen molar-refractivity contribution in [1.82, 2.24) is 4.90 Å². The van der Waals surface area contributed by atoms with E-state index in [1.54, 1.807) is 4.90 Å². The molecule has 0 bridgehead atoms. The second-order valence-electron chi connectivity index (χ2n) is 3.98. The van der Waals surface area contributed by atoms with Crippen molar-refractivity contribution < 1.29 is 14.3 Å². The van der Waals surface area contributed by atoms with Crippen LogP contribution in [0.4, 0.5) is 0 Å². The Balaban J connectivity index is 1.60. The minimum atomic E-state index is -0.333. The number of ketones is 1. The highest BCUT2D eigenvalue weighted by Crippen LogP contribution is 2.28. The Morgan fingerprint density at radius 1 is 1.36 bits per heavy atom. The molecule has 1 amide bonds. The third kappa shape index (κ3) is 2.32. The fourth-order valence-corrected chi connectivity index (χ4v) is 1.54. The van der Waals surface area contributed by atoms with Crippen molar-refractivity contribution in [1.29, 1.82) is 0 Å².